The van der Waals surface area contributed by atoms with Crippen LogP contribution in [0.1, 0.15) is 0 Å². The van der Waals surface area contributed by atoms with Crippen molar-refractivity contribution in [2.75, 3.05) is 12.4 Å². The number of hydrogen-bond acceptors (Lipinski definition) is 5. The molecule has 0 atom stereocenters. The molecule has 2 aromatic carbocycles. The fourth-order valence-electron chi connectivity index (χ4n) is 1.92. The average Bonchev–Trinajstić information content (AvgIpc) is 2.88. The highest BCUT2D eigenvalue weighted by atomic mass is 79.9. The van der Waals surface area contributed by atoms with Crippen LogP contribution in [0.2, 0.25) is 0 Å². The summed E-state index contributed by atoms with van der Waals surface area (Å²) in [6.07, 6.45) is -0.771. The molecule has 1 aromatic heterocycles. The molecule has 0 unspecified atom stereocenters. The molecule has 3 aromatic rings. The van der Waals surface area contributed by atoms with E-state index in [1.807, 2.05) is 18.2 Å². The first kappa shape index (κ1) is 15.7. The number of aromatic nitrogens is 1. The summed E-state index contributed by atoms with van der Waals surface area (Å²) in [6, 6.07) is 9.38. The maximum Gasteiger partial charge on any atom is 0.419 e. The lowest BCUT2D eigenvalue weighted by atomic mass is 10.3. The quantitative estimate of drug-likeness (QED) is 0.689. The number of carbonyl (C=O) groups is 1. The maximum atomic E-state index is 13.3. The molecule has 8 heteroatoms. The molecule has 0 bridgehead atoms. The number of nitrogens with one attached hydrogen (secondary N) is 1. The summed E-state index contributed by atoms with van der Waals surface area (Å²) in [7, 11) is 1.43. The number of anilines is 1. The van der Waals surface area contributed by atoms with Gasteiger partial charge in [0, 0.05) is 10.5 Å². The van der Waals surface area contributed by atoms with Crippen molar-refractivity contribution < 1.29 is 18.7 Å². The van der Waals surface area contributed by atoms with Crippen LogP contribution in [0, 0.1) is 5.82 Å². The van der Waals surface area contributed by atoms with Gasteiger partial charge in [0.2, 0.25) is 0 Å². The molecule has 0 radical (unpaired) electrons. The number of carbonyl (C=O) groups excluding carboxylic acids is 1. The molecule has 0 saturated heterocycles. The van der Waals surface area contributed by atoms with Crippen molar-refractivity contribution in [1.82, 2.24) is 4.98 Å². The van der Waals surface area contributed by atoms with Gasteiger partial charge >= 0.3 is 6.09 Å². The van der Waals surface area contributed by atoms with Crippen LogP contribution in [0.4, 0.5) is 14.9 Å². The van der Waals surface area contributed by atoms with Crippen LogP contribution in [0.15, 0.2) is 40.9 Å². The van der Waals surface area contributed by atoms with Crippen molar-refractivity contribution in [3.05, 3.63) is 46.7 Å². The Morgan fingerprint density at radius 3 is 2.91 bits per heavy atom. The van der Waals surface area contributed by atoms with E-state index >= 15 is 0 Å². The number of thiazole rings is 1. The summed E-state index contributed by atoms with van der Waals surface area (Å²) in [6.45, 7) is 0. The van der Waals surface area contributed by atoms with Gasteiger partial charge in [-0.15, -0.1) is 0 Å². The highest BCUT2D eigenvalue weighted by Crippen LogP contribution is 2.30. The van der Waals surface area contributed by atoms with Gasteiger partial charge in [-0.2, -0.15) is 0 Å². The van der Waals surface area contributed by atoms with Crippen LogP contribution in [-0.2, 0) is 0 Å². The third kappa shape index (κ3) is 3.59. The summed E-state index contributed by atoms with van der Waals surface area (Å²) < 4.78 is 25.3. The molecule has 0 spiro atoms. The molecule has 5 nitrogen and oxygen atoms in total. The molecule has 0 fully saturated rings. The molecular weight excluding hydrogens is 387 g/mol. The molecule has 0 aliphatic heterocycles. The van der Waals surface area contributed by atoms with E-state index in [9.17, 15) is 9.18 Å². The average molecular weight is 397 g/mol. The lowest BCUT2D eigenvalue weighted by molar-refractivity contribution is 0.215. The van der Waals surface area contributed by atoms with E-state index in [1.165, 1.54) is 30.6 Å². The zero-order chi connectivity index (χ0) is 16.4. The predicted octanol–water partition coefficient (Wildman–Crippen LogP) is 4.82. The Balaban J connectivity index is 1.77. The molecule has 1 amide bonds. The van der Waals surface area contributed by atoms with E-state index in [4.69, 9.17) is 9.47 Å². The summed E-state index contributed by atoms with van der Waals surface area (Å²) in [5.74, 6) is -0.164. The van der Waals surface area contributed by atoms with E-state index in [0.717, 1.165) is 20.8 Å². The van der Waals surface area contributed by atoms with Crippen LogP contribution in [0.5, 0.6) is 10.9 Å². The van der Waals surface area contributed by atoms with E-state index < -0.39 is 11.9 Å². The third-order valence-electron chi connectivity index (χ3n) is 2.91. The second kappa shape index (κ2) is 6.51. The summed E-state index contributed by atoms with van der Waals surface area (Å²) in [5.41, 5.74) is 0.900. The monoisotopic (exact) mass is 396 g/mol. The molecule has 1 heterocycles. The molecule has 1 N–H and O–H groups in total. The van der Waals surface area contributed by atoms with Gasteiger partial charge in [-0.1, -0.05) is 27.3 Å². The normalized spacial score (nSPS) is 10.6. The fourth-order valence-corrected chi connectivity index (χ4v) is 3.06. The Labute approximate surface area is 143 Å². The van der Waals surface area contributed by atoms with E-state index in [1.54, 1.807) is 0 Å². The number of methoxy groups -OCH3 is 1. The van der Waals surface area contributed by atoms with Gasteiger partial charge < -0.3 is 9.47 Å². The van der Waals surface area contributed by atoms with Crippen molar-refractivity contribution in [3.63, 3.8) is 0 Å². The summed E-state index contributed by atoms with van der Waals surface area (Å²) in [5, 5.41) is 2.64. The minimum atomic E-state index is -0.771. The van der Waals surface area contributed by atoms with Gasteiger partial charge in [0.25, 0.3) is 5.19 Å². The number of nitrogens with zero attached hydrogens (tertiary/aromatic N) is 1. The molecule has 23 heavy (non-hydrogen) atoms. The lowest BCUT2D eigenvalue weighted by Gasteiger charge is -2.09. The standard InChI is InChI=1S/C15H10BrFN2O3S/c1-21-12-4-3-9(17)7-10(12)18-14(20)22-15-19-11-6-8(16)2-5-13(11)23-15/h2-7H,1H3,(H,18,20). The predicted molar refractivity (Wildman–Crippen MR) is 89.9 cm³/mol. The highest BCUT2D eigenvalue weighted by Gasteiger charge is 2.13. The van der Waals surface area contributed by atoms with Gasteiger partial charge in [0.15, 0.2) is 0 Å². The van der Waals surface area contributed by atoms with Gasteiger partial charge in [0.05, 0.1) is 23.0 Å². The minimum absolute atomic E-state index is 0.182. The Hall–Kier alpha value is -2.19. The van der Waals surface area contributed by atoms with Crippen LogP contribution < -0.4 is 14.8 Å². The van der Waals surface area contributed by atoms with E-state index in [0.29, 0.717) is 5.75 Å². The smallest absolute Gasteiger partial charge is 0.419 e. The van der Waals surface area contributed by atoms with Gasteiger partial charge in [-0.25, -0.2) is 14.2 Å². The number of fused-ring (bicyclic) bond motifs is 1. The molecule has 118 valence electrons. The minimum Gasteiger partial charge on any atom is -0.495 e. The van der Waals surface area contributed by atoms with Crippen molar-refractivity contribution in [1.29, 1.82) is 0 Å². The second-order valence-corrected chi connectivity index (χ2v) is 6.36. The molecule has 0 saturated carbocycles. The number of halogens is 2. The Bertz CT molecular complexity index is 884. The highest BCUT2D eigenvalue weighted by molar-refractivity contribution is 9.10. The first-order valence-corrected chi connectivity index (χ1v) is 8.04. The second-order valence-electron chi connectivity index (χ2n) is 4.45. The van der Waals surface area contributed by atoms with Crippen molar-refractivity contribution in [3.8, 4) is 10.9 Å². The number of ether oxygens (including phenoxy) is 2. The van der Waals surface area contributed by atoms with Crippen LogP contribution in [0.3, 0.4) is 0 Å². The van der Waals surface area contributed by atoms with Crippen molar-refractivity contribution >= 4 is 49.3 Å². The molecule has 0 aliphatic carbocycles. The molecular formula is C15H10BrFN2O3S. The topological polar surface area (TPSA) is 60.5 Å². The Morgan fingerprint density at radius 2 is 2.13 bits per heavy atom. The number of rotatable bonds is 3. The first-order chi connectivity index (χ1) is 11.0. The SMILES string of the molecule is COc1ccc(F)cc1NC(=O)Oc1nc2cc(Br)ccc2s1. The Kier molecular flexibility index (Phi) is 4.44. The molecule has 0 aliphatic rings. The van der Waals surface area contributed by atoms with Gasteiger partial charge in [-0.3, -0.25) is 5.32 Å². The first-order valence-electron chi connectivity index (χ1n) is 6.43. The van der Waals surface area contributed by atoms with Crippen molar-refractivity contribution in [2.24, 2.45) is 0 Å². The third-order valence-corrected chi connectivity index (χ3v) is 4.32. The van der Waals surface area contributed by atoms with Crippen molar-refractivity contribution in [2.45, 2.75) is 0 Å². The zero-order valence-electron chi connectivity index (χ0n) is 11.8. The van der Waals surface area contributed by atoms with Crippen LogP contribution in [-0.4, -0.2) is 18.2 Å². The summed E-state index contributed by atoms with van der Waals surface area (Å²) in [4.78, 5) is 16.2. The fraction of sp³-hybridized carbons (Fsp3) is 0.0667. The van der Waals surface area contributed by atoms with Crippen LogP contribution in [0.25, 0.3) is 10.2 Å². The molecule has 3 rings (SSSR count). The lowest BCUT2D eigenvalue weighted by Crippen LogP contribution is -2.17. The maximum absolute atomic E-state index is 13.3. The number of amides is 1. The Morgan fingerprint density at radius 1 is 1.30 bits per heavy atom. The largest absolute Gasteiger partial charge is 0.495 e. The van der Waals surface area contributed by atoms with E-state index in [2.05, 4.69) is 26.2 Å². The van der Waals surface area contributed by atoms with Crippen LogP contribution >= 0.6 is 27.3 Å². The zero-order valence-corrected chi connectivity index (χ0v) is 14.2. The van der Waals surface area contributed by atoms with E-state index in [-0.39, 0.29) is 10.9 Å². The number of benzene rings is 2. The van der Waals surface area contributed by atoms with Gasteiger partial charge in [-0.05, 0) is 30.3 Å². The summed E-state index contributed by atoms with van der Waals surface area (Å²) >= 11 is 4.59. The van der Waals surface area contributed by atoms with Gasteiger partial charge in [0.1, 0.15) is 11.6 Å². The number of hydrogen-bond donors (Lipinski definition) is 1.